The van der Waals surface area contributed by atoms with Crippen LogP contribution in [-0.4, -0.2) is 28.5 Å². The van der Waals surface area contributed by atoms with Crippen LogP contribution in [0.4, 0.5) is 5.69 Å². The number of benzene rings is 3. The number of carbonyl (C=O) groups excluding carboxylic acids is 2. The quantitative estimate of drug-likeness (QED) is 0.282. The van der Waals surface area contributed by atoms with E-state index in [1.807, 2.05) is 80.2 Å². The normalized spacial score (nSPS) is 15.7. The molecule has 0 spiro atoms. The number of Topliss-reactive ketones (excluding diaryl/α,β-unsaturated/α-hetero) is 1. The Hall–Kier alpha value is -4.78. The Morgan fingerprint density at radius 3 is 2.55 bits per heavy atom. The molecule has 190 valence electrons. The highest BCUT2D eigenvalue weighted by atomic mass is 16.5. The van der Waals surface area contributed by atoms with Gasteiger partial charge >= 0.3 is 0 Å². The molecule has 2 aromatic heterocycles. The van der Waals surface area contributed by atoms with Crippen molar-refractivity contribution in [2.75, 3.05) is 12.0 Å². The standard InChI is InChI=1S/C31H26N2O5/c1-17-12-13-20(14-18(17)2)33-27(22-16-32(3)23-10-6-5-9-21(22)23)26(29(35)31(33)36)28(34)25-15-19-8-7-11-24(37-4)30(19)38-25/h5-16,27,35H,1-4H3. The second kappa shape index (κ2) is 8.66. The lowest BCUT2D eigenvalue weighted by Crippen LogP contribution is -2.31. The lowest BCUT2D eigenvalue weighted by atomic mass is 9.94. The predicted octanol–water partition coefficient (Wildman–Crippen LogP) is 6.33. The molecule has 0 aliphatic carbocycles. The molecule has 0 saturated heterocycles. The van der Waals surface area contributed by atoms with E-state index in [1.54, 1.807) is 18.2 Å². The summed E-state index contributed by atoms with van der Waals surface area (Å²) in [6.07, 6.45) is 1.91. The van der Waals surface area contributed by atoms with Gasteiger partial charge in [0.2, 0.25) is 5.78 Å². The maximum atomic E-state index is 14.1. The molecular formula is C31H26N2O5. The first-order valence-corrected chi connectivity index (χ1v) is 12.3. The van der Waals surface area contributed by atoms with Gasteiger partial charge in [0.25, 0.3) is 5.91 Å². The minimum atomic E-state index is -0.863. The molecule has 1 amide bonds. The van der Waals surface area contributed by atoms with Gasteiger partial charge in [0.15, 0.2) is 22.9 Å². The SMILES string of the molecule is COc1cccc2cc(C(=O)C3=C(O)C(=O)N(c4ccc(C)c(C)c4)C3c3cn(C)c4ccccc34)oc12. The van der Waals surface area contributed by atoms with Gasteiger partial charge in [-0.2, -0.15) is 0 Å². The van der Waals surface area contributed by atoms with E-state index in [1.165, 1.54) is 12.0 Å². The van der Waals surface area contributed by atoms with E-state index in [2.05, 4.69) is 0 Å². The summed E-state index contributed by atoms with van der Waals surface area (Å²) in [6, 6.07) is 19.6. The summed E-state index contributed by atoms with van der Waals surface area (Å²) in [5.41, 5.74) is 4.74. The van der Waals surface area contributed by atoms with Crippen molar-refractivity contribution in [3.05, 3.63) is 107 Å². The van der Waals surface area contributed by atoms with Crippen LogP contribution >= 0.6 is 0 Å². The molecule has 38 heavy (non-hydrogen) atoms. The smallest absolute Gasteiger partial charge is 0.294 e. The number of rotatable bonds is 5. The highest BCUT2D eigenvalue weighted by molar-refractivity contribution is 6.21. The summed E-state index contributed by atoms with van der Waals surface area (Å²) < 4.78 is 13.3. The summed E-state index contributed by atoms with van der Waals surface area (Å²) in [4.78, 5) is 29.2. The topological polar surface area (TPSA) is 84.9 Å². The Labute approximate surface area is 219 Å². The zero-order chi connectivity index (χ0) is 26.7. The molecule has 0 fully saturated rings. The molecule has 0 radical (unpaired) electrons. The van der Waals surface area contributed by atoms with Crippen LogP contribution in [0.2, 0.25) is 0 Å². The number of aryl methyl sites for hydroxylation is 3. The summed E-state index contributed by atoms with van der Waals surface area (Å²) in [5, 5.41) is 12.8. The predicted molar refractivity (Wildman–Crippen MR) is 146 cm³/mol. The van der Waals surface area contributed by atoms with Gasteiger partial charge in [-0.15, -0.1) is 0 Å². The molecule has 1 unspecified atom stereocenters. The lowest BCUT2D eigenvalue weighted by Gasteiger charge is -2.27. The number of anilines is 1. The molecule has 5 aromatic rings. The maximum Gasteiger partial charge on any atom is 0.294 e. The van der Waals surface area contributed by atoms with Gasteiger partial charge in [0.05, 0.1) is 18.7 Å². The van der Waals surface area contributed by atoms with E-state index < -0.39 is 23.5 Å². The summed E-state index contributed by atoms with van der Waals surface area (Å²) >= 11 is 0. The Morgan fingerprint density at radius 1 is 1.00 bits per heavy atom. The molecule has 3 heterocycles. The van der Waals surface area contributed by atoms with Gasteiger partial charge in [-0.05, 0) is 55.3 Å². The number of aromatic nitrogens is 1. The number of carbonyl (C=O) groups is 2. The van der Waals surface area contributed by atoms with Crippen LogP contribution in [0.1, 0.15) is 33.3 Å². The van der Waals surface area contributed by atoms with Crippen molar-refractivity contribution >= 4 is 39.2 Å². The van der Waals surface area contributed by atoms with Crippen LogP contribution in [0.3, 0.4) is 0 Å². The Kier molecular flexibility index (Phi) is 5.38. The van der Waals surface area contributed by atoms with Crippen LogP contribution in [0.15, 0.2) is 88.7 Å². The third-order valence-electron chi connectivity index (χ3n) is 7.40. The van der Waals surface area contributed by atoms with Gasteiger partial charge in [-0.1, -0.05) is 36.4 Å². The van der Waals surface area contributed by atoms with Gasteiger partial charge in [-0.3, -0.25) is 14.5 Å². The van der Waals surface area contributed by atoms with Crippen molar-refractivity contribution in [1.29, 1.82) is 0 Å². The summed E-state index contributed by atoms with van der Waals surface area (Å²) in [7, 11) is 3.44. The molecule has 1 N–H and O–H groups in total. The fourth-order valence-corrected chi connectivity index (χ4v) is 5.31. The number of amides is 1. The van der Waals surface area contributed by atoms with Gasteiger partial charge in [-0.25, -0.2) is 0 Å². The number of methoxy groups -OCH3 is 1. The Morgan fingerprint density at radius 2 is 1.79 bits per heavy atom. The van der Waals surface area contributed by atoms with Crippen molar-refractivity contribution in [3.63, 3.8) is 0 Å². The molecule has 7 heteroatoms. The highest BCUT2D eigenvalue weighted by Gasteiger charge is 2.46. The van der Waals surface area contributed by atoms with Crippen LogP contribution in [0, 0.1) is 13.8 Å². The summed E-state index contributed by atoms with van der Waals surface area (Å²) in [5.74, 6) is -1.27. The van der Waals surface area contributed by atoms with Crippen molar-refractivity contribution in [2.45, 2.75) is 19.9 Å². The Bertz CT molecular complexity index is 1810. The van der Waals surface area contributed by atoms with Crippen molar-refractivity contribution in [2.24, 2.45) is 7.05 Å². The number of aliphatic hydroxyl groups is 1. The average Bonchev–Trinajstić information content (AvgIpc) is 3.58. The zero-order valence-corrected chi connectivity index (χ0v) is 21.5. The number of hydrogen-bond donors (Lipinski definition) is 1. The first-order chi connectivity index (χ1) is 18.3. The van der Waals surface area contributed by atoms with Crippen molar-refractivity contribution in [1.82, 2.24) is 4.57 Å². The third-order valence-corrected chi connectivity index (χ3v) is 7.40. The van der Waals surface area contributed by atoms with Gasteiger partial charge in [0.1, 0.15) is 0 Å². The number of ketones is 1. The molecule has 3 aromatic carbocycles. The van der Waals surface area contributed by atoms with E-state index in [-0.39, 0.29) is 11.3 Å². The molecule has 0 bridgehead atoms. The number of nitrogens with zero attached hydrogens (tertiary/aromatic N) is 2. The first kappa shape index (κ1) is 23.6. The number of para-hydroxylation sites is 2. The third kappa shape index (κ3) is 3.43. The number of aliphatic hydroxyl groups excluding tert-OH is 1. The number of ether oxygens (including phenoxy) is 1. The van der Waals surface area contributed by atoms with Gasteiger partial charge in [0, 0.05) is 40.8 Å². The van der Waals surface area contributed by atoms with E-state index in [4.69, 9.17) is 9.15 Å². The molecule has 7 nitrogen and oxygen atoms in total. The Balaban J connectivity index is 1.57. The molecule has 1 aliphatic heterocycles. The van der Waals surface area contributed by atoms with Crippen LogP contribution in [-0.2, 0) is 11.8 Å². The molecule has 0 saturated carbocycles. The van der Waals surface area contributed by atoms with E-state index in [0.717, 1.165) is 27.6 Å². The second-order valence-corrected chi connectivity index (χ2v) is 9.64. The van der Waals surface area contributed by atoms with Crippen molar-refractivity contribution in [3.8, 4) is 5.75 Å². The molecule has 1 atom stereocenters. The molecule has 6 rings (SSSR count). The largest absolute Gasteiger partial charge is 0.503 e. The minimum Gasteiger partial charge on any atom is -0.503 e. The maximum absolute atomic E-state index is 14.1. The monoisotopic (exact) mass is 506 g/mol. The fraction of sp³-hybridized carbons (Fsp3) is 0.161. The van der Waals surface area contributed by atoms with E-state index in [0.29, 0.717) is 22.4 Å². The van der Waals surface area contributed by atoms with Crippen LogP contribution < -0.4 is 9.64 Å². The zero-order valence-electron chi connectivity index (χ0n) is 21.5. The first-order valence-electron chi connectivity index (χ1n) is 12.3. The minimum absolute atomic E-state index is 0.0195. The van der Waals surface area contributed by atoms with Crippen LogP contribution in [0.25, 0.3) is 21.9 Å². The van der Waals surface area contributed by atoms with E-state index in [9.17, 15) is 14.7 Å². The second-order valence-electron chi connectivity index (χ2n) is 9.64. The average molecular weight is 507 g/mol. The lowest BCUT2D eigenvalue weighted by molar-refractivity contribution is -0.117. The number of fused-ring (bicyclic) bond motifs is 2. The van der Waals surface area contributed by atoms with Gasteiger partial charge < -0.3 is 18.8 Å². The van der Waals surface area contributed by atoms with Crippen LogP contribution in [0.5, 0.6) is 5.75 Å². The van der Waals surface area contributed by atoms with E-state index >= 15 is 0 Å². The highest BCUT2D eigenvalue weighted by Crippen LogP contribution is 2.45. The molecular weight excluding hydrogens is 480 g/mol. The number of furan rings is 1. The van der Waals surface area contributed by atoms with Crippen molar-refractivity contribution < 1.29 is 23.8 Å². The molecule has 1 aliphatic rings. The fourth-order valence-electron chi connectivity index (χ4n) is 5.31. The number of hydrogen-bond acceptors (Lipinski definition) is 5. The summed E-state index contributed by atoms with van der Waals surface area (Å²) in [6.45, 7) is 3.96.